The van der Waals surface area contributed by atoms with E-state index >= 15 is 0 Å². The number of hydrogen-bond acceptors (Lipinski definition) is 5. The van der Waals surface area contributed by atoms with Gasteiger partial charge in [-0.15, -0.1) is 0 Å². The van der Waals surface area contributed by atoms with Crippen molar-refractivity contribution >= 4 is 70.3 Å². The Morgan fingerprint density at radius 2 is 0.864 bits per heavy atom. The Hall–Kier alpha value is -6.20. The van der Waals surface area contributed by atoms with E-state index in [2.05, 4.69) is 209 Å². The SMILES string of the molecule is O=c1ccc2cc(N=Nc3ncc[n-]3)ccc2o1.[C-]#[O+].[Os].c1ccc(P(c2ccccc2)c2ccccc2)cc1.c1ccc(P(c2ccccc2)c2ccccc2)cc1. The summed E-state index contributed by atoms with van der Waals surface area (Å²) in [7, 11) is -0.892. The molecule has 9 rings (SSSR count). The van der Waals surface area contributed by atoms with Crippen LogP contribution in [0.3, 0.4) is 0 Å². The molecule has 0 aliphatic rings. The maximum absolute atomic E-state index is 11.0. The molecule has 0 N–H and O–H groups in total. The van der Waals surface area contributed by atoms with E-state index in [-0.39, 0.29) is 25.4 Å². The minimum absolute atomic E-state index is 0. The largest absolute Gasteiger partial charge is 0.0622 e. The van der Waals surface area contributed by atoms with Gasteiger partial charge in [-0.05, 0) is 84.3 Å². The number of fused-ring (bicyclic) bond motifs is 1. The molecule has 0 saturated carbocycles. The van der Waals surface area contributed by atoms with E-state index < -0.39 is 15.8 Å². The summed E-state index contributed by atoms with van der Waals surface area (Å²) in [5.41, 5.74) is 0.786. The molecule has 0 spiro atoms. The first-order valence-electron chi connectivity index (χ1n) is 18.2. The summed E-state index contributed by atoms with van der Waals surface area (Å²) in [5, 5.41) is 17.0. The number of benzene rings is 7. The van der Waals surface area contributed by atoms with Gasteiger partial charge in [-0.1, -0.05) is 182 Å². The quantitative estimate of drug-likeness (QED) is 0.0498. The third-order valence-electron chi connectivity index (χ3n) is 8.39. The Morgan fingerprint density at radius 3 is 1.20 bits per heavy atom. The van der Waals surface area contributed by atoms with Crippen molar-refractivity contribution in [3.63, 3.8) is 0 Å². The molecule has 0 aliphatic carbocycles. The topological polar surface area (TPSA) is 102 Å². The van der Waals surface area contributed by atoms with Crippen molar-refractivity contribution in [1.29, 1.82) is 0 Å². The van der Waals surface area contributed by atoms with Crippen LogP contribution in [0.25, 0.3) is 11.0 Å². The summed E-state index contributed by atoms with van der Waals surface area (Å²) in [6, 6.07) is 72.8. The number of nitrogens with zero attached hydrogens (tertiary/aromatic N) is 4. The number of imidazole rings is 1. The van der Waals surface area contributed by atoms with Crippen LogP contribution in [-0.4, -0.2) is 4.98 Å². The van der Waals surface area contributed by atoms with Crippen LogP contribution in [0.4, 0.5) is 11.6 Å². The van der Waals surface area contributed by atoms with Crippen LogP contribution >= 0.6 is 15.8 Å². The summed E-state index contributed by atoms with van der Waals surface area (Å²) < 4.78 is 12.5. The van der Waals surface area contributed by atoms with E-state index in [1.807, 2.05) is 0 Å². The van der Waals surface area contributed by atoms with Crippen LogP contribution in [-0.2, 0) is 24.4 Å². The van der Waals surface area contributed by atoms with Gasteiger partial charge in [0.15, 0.2) is 0 Å². The molecule has 0 saturated heterocycles. The van der Waals surface area contributed by atoms with E-state index in [0.29, 0.717) is 17.2 Å². The molecule has 0 unspecified atom stereocenters. The fourth-order valence-electron chi connectivity index (χ4n) is 5.87. The monoisotopic (exact) mass is 983 g/mol. The molecule has 0 bridgehead atoms. The van der Waals surface area contributed by atoms with Crippen LogP contribution in [0.5, 0.6) is 0 Å². The molecule has 0 aliphatic heterocycles. The first-order valence-corrected chi connectivity index (χ1v) is 20.9. The van der Waals surface area contributed by atoms with Gasteiger partial charge in [0.2, 0.25) is 0 Å². The molecule has 0 amide bonds. The number of aromatic nitrogens is 2. The standard InChI is InChI=1S/2C18H15P.C12H7N4O2.CO.Os/c2*1-4-10-16(11-5-1)19(17-12-6-2-7-13-17)18-14-8-3-9-15-18;17-11-4-1-8-7-9(2-3-10(8)18-11)15-16-12-13-5-6-14-12;1-2;/h2*1-15H;1-7H;;/q;;-1;;. The third kappa shape index (κ3) is 12.9. The van der Waals surface area contributed by atoms with Gasteiger partial charge in [-0.25, -0.2) is 9.91 Å². The maximum Gasteiger partial charge on any atom is 0 e. The molecule has 0 radical (unpaired) electrons. The summed E-state index contributed by atoms with van der Waals surface area (Å²) in [6.45, 7) is 4.50. The summed E-state index contributed by atoms with van der Waals surface area (Å²) in [4.78, 5) is 18.8. The van der Waals surface area contributed by atoms with Gasteiger partial charge in [0.05, 0.1) is 5.69 Å². The summed E-state index contributed by atoms with van der Waals surface area (Å²) >= 11 is 0. The second-order valence-electron chi connectivity index (χ2n) is 12.2. The zero-order valence-electron chi connectivity index (χ0n) is 31.6. The Kier molecular flexibility index (Phi) is 17.8. The van der Waals surface area contributed by atoms with E-state index in [1.54, 1.807) is 36.7 Å². The number of azo groups is 1. The van der Waals surface area contributed by atoms with E-state index in [4.69, 9.17) is 9.07 Å². The molecular formula is C49H37N4O3OsP2-. The Bertz CT molecular complexity index is 2350. The minimum atomic E-state index is -0.446. The first kappa shape index (κ1) is 43.9. The zero-order chi connectivity index (χ0) is 40.2. The van der Waals surface area contributed by atoms with Crippen molar-refractivity contribution in [2.45, 2.75) is 0 Å². The Morgan fingerprint density at radius 1 is 0.492 bits per heavy atom. The second-order valence-corrected chi connectivity index (χ2v) is 16.7. The van der Waals surface area contributed by atoms with Crippen LogP contribution in [0.15, 0.2) is 244 Å². The van der Waals surface area contributed by atoms with Gasteiger partial charge < -0.3 is 14.4 Å². The fourth-order valence-corrected chi connectivity index (χ4v) is 10.5. The molecule has 2 aromatic heterocycles. The molecule has 10 heteroatoms. The van der Waals surface area contributed by atoms with E-state index in [0.717, 1.165) is 5.39 Å². The Balaban J connectivity index is 0.000000163. The normalized spacial score (nSPS) is 10.3. The van der Waals surface area contributed by atoms with Gasteiger partial charge in [0.25, 0.3) is 0 Å². The van der Waals surface area contributed by atoms with Gasteiger partial charge >= 0.3 is 16.9 Å². The van der Waals surface area contributed by atoms with Gasteiger partial charge in [-0.2, -0.15) is 0 Å². The average molecular weight is 982 g/mol. The molecular weight excluding hydrogens is 945 g/mol. The molecule has 7 aromatic carbocycles. The van der Waals surface area contributed by atoms with Crippen molar-refractivity contribution in [1.82, 2.24) is 9.97 Å². The van der Waals surface area contributed by atoms with Crippen molar-refractivity contribution in [3.8, 4) is 0 Å². The molecule has 0 atom stereocenters. The fraction of sp³-hybridized carbons (Fsp3) is 0. The average Bonchev–Trinajstić information content (AvgIpc) is 3.83. The van der Waals surface area contributed by atoms with E-state index in [1.165, 1.54) is 37.9 Å². The number of rotatable bonds is 8. The molecule has 59 heavy (non-hydrogen) atoms. The van der Waals surface area contributed by atoms with Gasteiger partial charge in [0.1, 0.15) is 5.58 Å². The van der Waals surface area contributed by atoms with Crippen LogP contribution < -0.4 is 42.4 Å². The van der Waals surface area contributed by atoms with Crippen LogP contribution in [0, 0.1) is 6.65 Å². The summed E-state index contributed by atoms with van der Waals surface area (Å²) in [5.74, 6) is 0.315. The minimum Gasteiger partial charge on any atom is -0.0622 e. The molecule has 7 nitrogen and oxygen atoms in total. The second kappa shape index (κ2) is 23.9. The van der Waals surface area contributed by atoms with Crippen molar-refractivity contribution < 1.29 is 28.9 Å². The molecule has 290 valence electrons. The van der Waals surface area contributed by atoms with Crippen molar-refractivity contribution in [2.24, 2.45) is 10.2 Å². The predicted molar refractivity (Wildman–Crippen MR) is 238 cm³/mol. The summed E-state index contributed by atoms with van der Waals surface area (Å²) in [6.07, 6.45) is 3.09. The smallest absolute Gasteiger partial charge is 0 e. The van der Waals surface area contributed by atoms with Crippen molar-refractivity contribution in [2.75, 3.05) is 0 Å². The van der Waals surface area contributed by atoms with Crippen molar-refractivity contribution in [3.05, 3.63) is 242 Å². The Labute approximate surface area is 359 Å². The third-order valence-corrected chi connectivity index (χ3v) is 13.3. The number of hydrogen-bond donors (Lipinski definition) is 0. The first-order chi connectivity index (χ1) is 28.7. The molecule has 9 aromatic rings. The van der Waals surface area contributed by atoms with Crippen LogP contribution in [0.1, 0.15) is 0 Å². The van der Waals surface area contributed by atoms with Crippen LogP contribution in [0.2, 0.25) is 0 Å². The van der Waals surface area contributed by atoms with E-state index in [9.17, 15) is 4.79 Å². The van der Waals surface area contributed by atoms with Gasteiger partial charge in [0, 0.05) is 37.2 Å². The zero-order valence-corrected chi connectivity index (χ0v) is 36.0. The molecule has 0 fully saturated rings. The predicted octanol–water partition coefficient (Wildman–Crippen LogP) is 9.41. The van der Waals surface area contributed by atoms with Gasteiger partial charge in [-0.3, -0.25) is 5.11 Å². The maximum atomic E-state index is 11.0. The molecule has 2 heterocycles.